The summed E-state index contributed by atoms with van der Waals surface area (Å²) in [6.07, 6.45) is 1.67. The van der Waals surface area contributed by atoms with Crippen LogP contribution in [0.5, 0.6) is 5.88 Å². The Kier molecular flexibility index (Phi) is 2.84. The summed E-state index contributed by atoms with van der Waals surface area (Å²) in [4.78, 5) is 4.00. The van der Waals surface area contributed by atoms with E-state index in [1.165, 1.54) is 0 Å². The zero-order chi connectivity index (χ0) is 10.8. The molecule has 4 heteroatoms. The second-order valence-electron chi connectivity index (χ2n) is 4.16. The van der Waals surface area contributed by atoms with E-state index in [0.29, 0.717) is 11.6 Å². The van der Waals surface area contributed by atoms with Gasteiger partial charge in [0.2, 0.25) is 5.88 Å². The highest BCUT2D eigenvalue weighted by atomic mass is 16.5. The number of nitrogens with one attached hydrogen (secondary N) is 1. The average molecular weight is 195 g/mol. The standard InChI is InChI=1S/C10H17N3O/c1-10(2,3)13-7-5-6-12-9(14-4)8(7)11/h5-6H,11H2,1-4H3,(H,12,13). The van der Waals surface area contributed by atoms with Crippen LogP contribution in [0, 0.1) is 0 Å². The highest BCUT2D eigenvalue weighted by Gasteiger charge is 2.13. The summed E-state index contributed by atoms with van der Waals surface area (Å²) < 4.78 is 5.02. The molecule has 3 N–H and O–H groups in total. The van der Waals surface area contributed by atoms with Gasteiger partial charge in [-0.05, 0) is 26.8 Å². The summed E-state index contributed by atoms with van der Waals surface area (Å²) in [6.45, 7) is 6.21. The van der Waals surface area contributed by atoms with Gasteiger partial charge in [0, 0.05) is 11.7 Å². The van der Waals surface area contributed by atoms with Crippen LogP contribution in [0.2, 0.25) is 0 Å². The van der Waals surface area contributed by atoms with Gasteiger partial charge in [-0.3, -0.25) is 0 Å². The number of hydrogen-bond acceptors (Lipinski definition) is 4. The lowest BCUT2D eigenvalue weighted by atomic mass is 10.1. The van der Waals surface area contributed by atoms with E-state index < -0.39 is 0 Å². The Balaban J connectivity index is 2.98. The van der Waals surface area contributed by atoms with Crippen LogP contribution in [0.4, 0.5) is 11.4 Å². The Hall–Kier alpha value is -1.45. The second-order valence-corrected chi connectivity index (χ2v) is 4.16. The van der Waals surface area contributed by atoms with Crippen molar-refractivity contribution >= 4 is 11.4 Å². The molecule has 4 nitrogen and oxygen atoms in total. The molecule has 0 aliphatic carbocycles. The fourth-order valence-corrected chi connectivity index (χ4v) is 1.13. The average Bonchev–Trinajstić information content (AvgIpc) is 2.06. The molecule has 1 aromatic rings. The van der Waals surface area contributed by atoms with E-state index in [4.69, 9.17) is 10.5 Å². The number of hydrogen-bond donors (Lipinski definition) is 2. The van der Waals surface area contributed by atoms with Crippen molar-refractivity contribution < 1.29 is 4.74 Å². The Labute approximate surface area is 84.5 Å². The van der Waals surface area contributed by atoms with Gasteiger partial charge in [-0.2, -0.15) is 0 Å². The minimum Gasteiger partial charge on any atom is -0.479 e. The van der Waals surface area contributed by atoms with Crippen LogP contribution < -0.4 is 15.8 Å². The van der Waals surface area contributed by atoms with Gasteiger partial charge in [-0.15, -0.1) is 0 Å². The van der Waals surface area contributed by atoms with Gasteiger partial charge < -0.3 is 15.8 Å². The molecule has 0 unspecified atom stereocenters. The quantitative estimate of drug-likeness (QED) is 0.756. The fraction of sp³-hybridized carbons (Fsp3) is 0.500. The SMILES string of the molecule is COc1nccc(NC(C)(C)C)c1N. The molecule has 0 amide bonds. The van der Waals surface area contributed by atoms with Crippen LogP contribution in [-0.4, -0.2) is 17.6 Å². The van der Waals surface area contributed by atoms with E-state index >= 15 is 0 Å². The first-order valence-corrected chi connectivity index (χ1v) is 4.50. The Morgan fingerprint density at radius 3 is 2.57 bits per heavy atom. The largest absolute Gasteiger partial charge is 0.479 e. The molecule has 0 saturated carbocycles. The summed E-state index contributed by atoms with van der Waals surface area (Å²) in [5, 5.41) is 3.28. The molecule has 0 saturated heterocycles. The van der Waals surface area contributed by atoms with Crippen molar-refractivity contribution in [3.05, 3.63) is 12.3 Å². The lowest BCUT2D eigenvalue weighted by molar-refractivity contribution is 0.400. The number of nitrogens with zero attached hydrogens (tertiary/aromatic N) is 1. The molecule has 78 valence electrons. The van der Waals surface area contributed by atoms with Gasteiger partial charge in [0.25, 0.3) is 0 Å². The molecular weight excluding hydrogens is 178 g/mol. The number of nitrogens with two attached hydrogens (primary N) is 1. The summed E-state index contributed by atoms with van der Waals surface area (Å²) in [5.41, 5.74) is 7.22. The molecular formula is C10H17N3O. The first-order valence-electron chi connectivity index (χ1n) is 4.50. The molecule has 0 aromatic carbocycles. The number of rotatable bonds is 2. The van der Waals surface area contributed by atoms with Gasteiger partial charge >= 0.3 is 0 Å². The van der Waals surface area contributed by atoms with Crippen molar-refractivity contribution in [3.63, 3.8) is 0 Å². The van der Waals surface area contributed by atoms with Gasteiger partial charge in [0.05, 0.1) is 12.8 Å². The first kappa shape index (κ1) is 10.6. The van der Waals surface area contributed by atoms with Crippen LogP contribution in [0.25, 0.3) is 0 Å². The maximum Gasteiger partial charge on any atom is 0.239 e. The Bertz CT molecular complexity index is 318. The smallest absolute Gasteiger partial charge is 0.239 e. The topological polar surface area (TPSA) is 60.2 Å². The van der Waals surface area contributed by atoms with E-state index in [2.05, 4.69) is 31.1 Å². The minimum atomic E-state index is -0.0273. The lowest BCUT2D eigenvalue weighted by Crippen LogP contribution is -2.26. The van der Waals surface area contributed by atoms with E-state index in [-0.39, 0.29) is 5.54 Å². The molecule has 1 rings (SSSR count). The minimum absolute atomic E-state index is 0.0273. The molecule has 0 bridgehead atoms. The van der Waals surface area contributed by atoms with Gasteiger partial charge in [0.1, 0.15) is 5.69 Å². The second kappa shape index (κ2) is 3.74. The van der Waals surface area contributed by atoms with Crippen molar-refractivity contribution in [3.8, 4) is 5.88 Å². The summed E-state index contributed by atoms with van der Waals surface area (Å²) >= 11 is 0. The molecule has 0 spiro atoms. The van der Waals surface area contributed by atoms with Crippen LogP contribution in [0.15, 0.2) is 12.3 Å². The van der Waals surface area contributed by atoms with Crippen LogP contribution in [0.3, 0.4) is 0 Å². The summed E-state index contributed by atoms with van der Waals surface area (Å²) in [6, 6.07) is 1.84. The molecule has 14 heavy (non-hydrogen) atoms. The summed E-state index contributed by atoms with van der Waals surface area (Å²) in [5.74, 6) is 0.458. The highest BCUT2D eigenvalue weighted by molar-refractivity contribution is 5.71. The van der Waals surface area contributed by atoms with E-state index in [9.17, 15) is 0 Å². The fourth-order valence-electron chi connectivity index (χ4n) is 1.13. The number of nitrogen functional groups attached to an aromatic ring is 1. The van der Waals surface area contributed by atoms with E-state index in [1.807, 2.05) is 6.07 Å². The first-order chi connectivity index (χ1) is 6.44. The molecule has 0 fully saturated rings. The van der Waals surface area contributed by atoms with E-state index in [1.54, 1.807) is 13.3 Å². The number of pyridine rings is 1. The Morgan fingerprint density at radius 1 is 1.43 bits per heavy atom. The molecule has 1 heterocycles. The highest BCUT2D eigenvalue weighted by Crippen LogP contribution is 2.28. The Morgan fingerprint density at radius 2 is 2.07 bits per heavy atom. The normalized spacial score (nSPS) is 11.1. The van der Waals surface area contributed by atoms with Crippen LogP contribution >= 0.6 is 0 Å². The predicted molar refractivity (Wildman–Crippen MR) is 58.6 cm³/mol. The zero-order valence-electron chi connectivity index (χ0n) is 9.09. The predicted octanol–water partition coefficient (Wildman–Crippen LogP) is 1.88. The third-order valence-corrected chi connectivity index (χ3v) is 1.66. The zero-order valence-corrected chi connectivity index (χ0v) is 9.09. The van der Waals surface area contributed by atoms with Gasteiger partial charge in [-0.25, -0.2) is 4.98 Å². The van der Waals surface area contributed by atoms with E-state index in [0.717, 1.165) is 5.69 Å². The lowest BCUT2D eigenvalue weighted by Gasteiger charge is -2.23. The molecule has 0 atom stereocenters. The number of ether oxygens (including phenoxy) is 1. The van der Waals surface area contributed by atoms with Crippen molar-refractivity contribution in [2.75, 3.05) is 18.2 Å². The van der Waals surface area contributed by atoms with Crippen LogP contribution in [-0.2, 0) is 0 Å². The van der Waals surface area contributed by atoms with Gasteiger partial charge in [0.15, 0.2) is 0 Å². The molecule has 0 aliphatic rings. The number of anilines is 2. The number of aromatic nitrogens is 1. The van der Waals surface area contributed by atoms with Gasteiger partial charge in [-0.1, -0.05) is 0 Å². The molecule has 0 aliphatic heterocycles. The maximum atomic E-state index is 5.85. The van der Waals surface area contributed by atoms with Crippen molar-refractivity contribution in [1.29, 1.82) is 0 Å². The third kappa shape index (κ3) is 2.52. The number of methoxy groups -OCH3 is 1. The summed E-state index contributed by atoms with van der Waals surface area (Å²) in [7, 11) is 1.56. The monoisotopic (exact) mass is 195 g/mol. The van der Waals surface area contributed by atoms with Crippen molar-refractivity contribution in [1.82, 2.24) is 4.98 Å². The van der Waals surface area contributed by atoms with Crippen molar-refractivity contribution in [2.24, 2.45) is 0 Å². The molecule has 0 radical (unpaired) electrons. The third-order valence-electron chi connectivity index (χ3n) is 1.66. The molecule has 1 aromatic heterocycles. The maximum absolute atomic E-state index is 5.85. The van der Waals surface area contributed by atoms with Crippen LogP contribution in [0.1, 0.15) is 20.8 Å². The van der Waals surface area contributed by atoms with Crippen molar-refractivity contribution in [2.45, 2.75) is 26.3 Å².